The monoisotopic (exact) mass is 658 g/mol. The fourth-order valence-electron chi connectivity index (χ4n) is 6.25. The summed E-state index contributed by atoms with van der Waals surface area (Å²) in [6, 6.07) is 13.4. The van der Waals surface area contributed by atoms with Crippen molar-refractivity contribution in [1.29, 1.82) is 0 Å². The molecule has 2 amide bonds. The van der Waals surface area contributed by atoms with E-state index in [1.54, 1.807) is 6.07 Å². The highest BCUT2D eigenvalue weighted by Crippen LogP contribution is 2.20. The maximum Gasteiger partial charge on any atom is 0.243 e. The Morgan fingerprint density at radius 2 is 1.71 bits per heavy atom. The van der Waals surface area contributed by atoms with Crippen molar-refractivity contribution in [3.63, 3.8) is 0 Å². The van der Waals surface area contributed by atoms with E-state index in [1.807, 2.05) is 36.2 Å². The van der Waals surface area contributed by atoms with E-state index >= 15 is 0 Å². The summed E-state index contributed by atoms with van der Waals surface area (Å²) in [5, 5.41) is 2.40. The third-order valence-corrected chi connectivity index (χ3v) is 9.12. The van der Waals surface area contributed by atoms with Gasteiger partial charge in [-0.15, -0.1) is 0 Å². The minimum Gasteiger partial charge on any atom is -0.369 e. The number of hydrogen-bond acceptors (Lipinski definition) is 9. The molecule has 1 atom stereocenters. The molecule has 0 radical (unpaired) electrons. The highest BCUT2D eigenvalue weighted by molar-refractivity contribution is 6.00. The summed E-state index contributed by atoms with van der Waals surface area (Å²) in [6.07, 6.45) is 11.0. The Morgan fingerprint density at radius 3 is 2.40 bits per heavy atom. The van der Waals surface area contributed by atoms with Crippen molar-refractivity contribution in [2.45, 2.75) is 90.1 Å². The van der Waals surface area contributed by atoms with E-state index < -0.39 is 6.04 Å². The predicted molar refractivity (Wildman–Crippen MR) is 191 cm³/mol. The van der Waals surface area contributed by atoms with Gasteiger partial charge in [-0.1, -0.05) is 50.5 Å². The molecule has 2 fully saturated rings. The van der Waals surface area contributed by atoms with Gasteiger partial charge in [0.2, 0.25) is 11.8 Å². The highest BCUT2D eigenvalue weighted by Gasteiger charge is 2.30. The van der Waals surface area contributed by atoms with Crippen molar-refractivity contribution in [1.82, 2.24) is 15.1 Å². The quantitative estimate of drug-likeness (QED) is 0.0454. The smallest absolute Gasteiger partial charge is 0.243 e. The zero-order valence-corrected chi connectivity index (χ0v) is 28.8. The number of piperidine rings is 1. The number of benzene rings is 2. The number of carbonyl (C=O) groups is 4. The maximum atomic E-state index is 12.5. The lowest BCUT2D eigenvalue weighted by atomic mass is 10.0. The number of carbonyl (C=O) groups excluding carboxylic acids is 4. The largest absolute Gasteiger partial charge is 0.369 e. The zero-order valence-electron chi connectivity index (χ0n) is 28.8. The third-order valence-electron chi connectivity index (χ3n) is 9.12. The molecule has 2 aromatic rings. The minimum atomic E-state index is -0.393. The zero-order chi connectivity index (χ0) is 34.7. The van der Waals surface area contributed by atoms with Crippen molar-refractivity contribution in [3.05, 3.63) is 64.7 Å². The second kappa shape index (κ2) is 21.2. The Morgan fingerprint density at radius 1 is 0.979 bits per heavy atom. The van der Waals surface area contributed by atoms with Crippen LogP contribution in [0.4, 0.5) is 5.69 Å². The standard InChI is InChI=1S/C38H50N4O4.H4N2/c1-3-4-5-10-13-36(44)31-16-18-34(19-17-31)42-25-23-41(24-26-42)22-11-8-6-7-9-12-30-14-15-32(29-43)33(27-30)28-40(2)35-20-21-37(45)39-38(35)46;1-2/h14-19,27,29,35H,3-8,10-11,13,20-26,28H2,1-2H3,(H,39,45,46);1-2H2. The van der Waals surface area contributed by atoms with E-state index in [0.29, 0.717) is 31.4 Å². The average molecular weight is 659 g/mol. The fourth-order valence-corrected chi connectivity index (χ4v) is 6.25. The van der Waals surface area contributed by atoms with Crippen molar-refractivity contribution in [3.8, 4) is 11.8 Å². The molecule has 0 saturated carbocycles. The first-order valence-electron chi connectivity index (χ1n) is 17.4. The van der Waals surface area contributed by atoms with Gasteiger partial charge in [0, 0.05) is 74.4 Å². The summed E-state index contributed by atoms with van der Waals surface area (Å²) in [5.41, 5.74) is 4.31. The number of aldehydes is 1. The molecule has 10 nitrogen and oxygen atoms in total. The second-order valence-corrected chi connectivity index (χ2v) is 12.6. The third kappa shape index (κ3) is 12.3. The Kier molecular flexibility index (Phi) is 17.0. The molecule has 2 aromatic carbocycles. The van der Waals surface area contributed by atoms with Crippen LogP contribution in [0.1, 0.15) is 109 Å². The molecule has 0 aromatic heterocycles. The normalized spacial score (nSPS) is 16.4. The number of likely N-dealkylation sites (N-methyl/N-ethyl adjacent to an activating group) is 1. The summed E-state index contributed by atoms with van der Waals surface area (Å²) in [5.74, 6) is 14.3. The number of piperazine rings is 1. The molecular formula is C38H54N6O4. The van der Waals surface area contributed by atoms with Gasteiger partial charge in [0.1, 0.15) is 6.29 Å². The van der Waals surface area contributed by atoms with E-state index in [4.69, 9.17) is 0 Å². The molecule has 10 heteroatoms. The van der Waals surface area contributed by atoms with Crippen LogP contribution in [-0.2, 0) is 16.1 Å². The van der Waals surface area contributed by atoms with E-state index in [0.717, 1.165) is 94.2 Å². The summed E-state index contributed by atoms with van der Waals surface area (Å²) in [7, 11) is 1.84. The minimum absolute atomic E-state index is 0.236. The Bertz CT molecular complexity index is 1390. The molecule has 0 spiro atoms. The van der Waals surface area contributed by atoms with E-state index in [-0.39, 0.29) is 17.6 Å². The number of Topliss-reactive ketones (excluding diaryl/α,β-unsaturated/α-hetero) is 1. The summed E-state index contributed by atoms with van der Waals surface area (Å²) < 4.78 is 0. The van der Waals surface area contributed by atoms with Gasteiger partial charge in [-0.25, -0.2) is 0 Å². The van der Waals surface area contributed by atoms with Gasteiger partial charge >= 0.3 is 0 Å². The van der Waals surface area contributed by atoms with Gasteiger partial charge in [0.05, 0.1) is 6.04 Å². The number of nitrogens with two attached hydrogens (primary N) is 2. The number of hydrogen-bond donors (Lipinski definition) is 3. The topological polar surface area (TPSA) is 142 Å². The van der Waals surface area contributed by atoms with Crippen molar-refractivity contribution in [2.24, 2.45) is 11.7 Å². The highest BCUT2D eigenvalue weighted by atomic mass is 16.2. The number of rotatable bonds is 16. The maximum absolute atomic E-state index is 12.5. The van der Waals surface area contributed by atoms with E-state index in [1.165, 1.54) is 18.5 Å². The molecule has 260 valence electrons. The summed E-state index contributed by atoms with van der Waals surface area (Å²) in [6.45, 7) is 7.83. The summed E-state index contributed by atoms with van der Waals surface area (Å²) in [4.78, 5) is 54.7. The molecule has 2 aliphatic heterocycles. The van der Waals surface area contributed by atoms with Gasteiger partial charge in [0.25, 0.3) is 0 Å². The number of amides is 2. The van der Waals surface area contributed by atoms with E-state index in [2.05, 4.69) is 57.7 Å². The first-order chi connectivity index (χ1) is 23.4. The molecule has 5 N–H and O–H groups in total. The first-order valence-corrected chi connectivity index (χ1v) is 17.4. The molecule has 48 heavy (non-hydrogen) atoms. The molecular weight excluding hydrogens is 604 g/mol. The Hall–Kier alpha value is -3.88. The lowest BCUT2D eigenvalue weighted by molar-refractivity contribution is -0.137. The van der Waals surface area contributed by atoms with Crippen LogP contribution in [0.15, 0.2) is 42.5 Å². The van der Waals surface area contributed by atoms with Crippen LogP contribution in [0.2, 0.25) is 0 Å². The number of ketones is 1. The van der Waals surface area contributed by atoms with Crippen LogP contribution in [0.3, 0.4) is 0 Å². The lowest BCUT2D eigenvalue weighted by Crippen LogP contribution is -2.51. The number of nitrogens with one attached hydrogen (secondary N) is 1. The second-order valence-electron chi connectivity index (χ2n) is 12.6. The van der Waals surface area contributed by atoms with E-state index in [9.17, 15) is 19.2 Å². The number of unbranched alkanes of at least 4 members (excludes halogenated alkanes) is 6. The number of nitrogens with zero attached hydrogens (tertiary/aromatic N) is 3. The van der Waals surface area contributed by atoms with Crippen LogP contribution < -0.4 is 21.9 Å². The fraction of sp³-hybridized carbons (Fsp3) is 0.526. The molecule has 4 rings (SSSR count). The number of anilines is 1. The van der Waals surface area contributed by atoms with Crippen molar-refractivity contribution < 1.29 is 19.2 Å². The van der Waals surface area contributed by atoms with Gasteiger partial charge < -0.3 is 4.90 Å². The van der Waals surface area contributed by atoms with Gasteiger partial charge in [0.15, 0.2) is 5.78 Å². The molecule has 0 bridgehead atoms. The summed E-state index contributed by atoms with van der Waals surface area (Å²) >= 11 is 0. The molecule has 2 aliphatic rings. The Balaban J connectivity index is 0.00000307. The predicted octanol–water partition coefficient (Wildman–Crippen LogP) is 4.44. The molecule has 2 saturated heterocycles. The van der Waals surface area contributed by atoms with Crippen LogP contribution in [0.5, 0.6) is 0 Å². The lowest BCUT2D eigenvalue weighted by Gasteiger charge is -2.36. The number of imide groups is 1. The van der Waals surface area contributed by atoms with Crippen LogP contribution in [0, 0.1) is 11.8 Å². The first kappa shape index (κ1) is 38.6. The van der Waals surface area contributed by atoms with Gasteiger partial charge in [-0.2, -0.15) is 0 Å². The number of hydrazine groups is 1. The molecule has 1 unspecified atom stereocenters. The van der Waals surface area contributed by atoms with Crippen molar-refractivity contribution >= 4 is 29.6 Å². The van der Waals surface area contributed by atoms with Gasteiger partial charge in [-0.05, 0) is 81.2 Å². The van der Waals surface area contributed by atoms with Crippen LogP contribution in [0.25, 0.3) is 0 Å². The van der Waals surface area contributed by atoms with Gasteiger partial charge in [-0.3, -0.25) is 46.0 Å². The van der Waals surface area contributed by atoms with Crippen LogP contribution in [-0.4, -0.2) is 79.5 Å². The van der Waals surface area contributed by atoms with Crippen LogP contribution >= 0.6 is 0 Å². The molecule has 2 heterocycles. The Labute approximate surface area is 286 Å². The average Bonchev–Trinajstić information content (AvgIpc) is 3.11. The van der Waals surface area contributed by atoms with Crippen molar-refractivity contribution in [2.75, 3.05) is 44.7 Å². The molecule has 0 aliphatic carbocycles. The SMILES string of the molecule is CCCCCCC(=O)c1ccc(N2CCN(CCCCCC#Cc3ccc(C=O)c(CN(C)C4CCC(=O)NC4=O)c3)CC2)cc1.NN.